The molecule has 1 saturated heterocycles. The second-order valence-electron chi connectivity index (χ2n) is 8.16. The lowest BCUT2D eigenvalue weighted by Crippen LogP contribution is -2.48. The van der Waals surface area contributed by atoms with Gasteiger partial charge in [-0.3, -0.25) is 0 Å². The Bertz CT molecular complexity index is 1000. The summed E-state index contributed by atoms with van der Waals surface area (Å²) in [7, 11) is -3.61. The fourth-order valence-corrected chi connectivity index (χ4v) is 5.22. The van der Waals surface area contributed by atoms with E-state index in [2.05, 4.69) is 28.8 Å². The number of anilines is 1. The molecule has 0 aromatic heterocycles. The van der Waals surface area contributed by atoms with Crippen molar-refractivity contribution in [2.75, 3.05) is 11.9 Å². The molecule has 9 heteroatoms. The quantitative estimate of drug-likeness (QED) is 0.686. The average molecular weight is 455 g/mol. The van der Waals surface area contributed by atoms with Crippen molar-refractivity contribution in [1.82, 2.24) is 4.72 Å². The molecule has 1 aromatic carbocycles. The van der Waals surface area contributed by atoms with Gasteiger partial charge in [0.2, 0.25) is 10.0 Å². The Labute approximate surface area is 180 Å². The molecule has 2 heterocycles. The van der Waals surface area contributed by atoms with Crippen LogP contribution in [0.2, 0.25) is 0 Å². The fourth-order valence-electron chi connectivity index (χ4n) is 4.68. The highest BCUT2D eigenvalue weighted by Crippen LogP contribution is 2.49. The molecular weight excluding hydrogens is 429 g/mol. The minimum absolute atomic E-state index is 0.0150. The molecule has 168 valence electrons. The smallest absolute Gasteiger partial charge is 0.381 e. The largest absolute Gasteiger partial charge is 0.416 e. The summed E-state index contributed by atoms with van der Waals surface area (Å²) in [6.45, 7) is 3.32. The van der Waals surface area contributed by atoms with Crippen LogP contribution in [0.5, 0.6) is 0 Å². The van der Waals surface area contributed by atoms with E-state index in [0.29, 0.717) is 24.1 Å². The molecule has 4 rings (SSSR count). The lowest BCUT2D eigenvalue weighted by atomic mass is 9.73. The maximum atomic E-state index is 13.4. The van der Waals surface area contributed by atoms with Gasteiger partial charge in [0.05, 0.1) is 17.8 Å². The van der Waals surface area contributed by atoms with Gasteiger partial charge in [0, 0.05) is 41.1 Å². The van der Waals surface area contributed by atoms with Crippen molar-refractivity contribution >= 4 is 15.7 Å². The summed E-state index contributed by atoms with van der Waals surface area (Å²) in [6, 6.07) is 3.72. The molecule has 3 aliphatic rings. The van der Waals surface area contributed by atoms with Crippen LogP contribution in [0, 0.1) is 11.8 Å². The van der Waals surface area contributed by atoms with E-state index < -0.39 is 34.0 Å². The van der Waals surface area contributed by atoms with Gasteiger partial charge in [-0.2, -0.15) is 13.2 Å². The third kappa shape index (κ3) is 4.73. The minimum Gasteiger partial charge on any atom is -0.381 e. The Morgan fingerprint density at radius 3 is 2.74 bits per heavy atom. The first-order valence-electron chi connectivity index (χ1n) is 10.3. The van der Waals surface area contributed by atoms with Gasteiger partial charge in [0.1, 0.15) is 0 Å². The van der Waals surface area contributed by atoms with E-state index in [9.17, 15) is 21.6 Å². The summed E-state index contributed by atoms with van der Waals surface area (Å²) in [5.74, 6) is 0.178. The van der Waals surface area contributed by atoms with E-state index in [-0.39, 0.29) is 24.4 Å². The second-order valence-corrected chi connectivity index (χ2v) is 9.87. The molecule has 31 heavy (non-hydrogen) atoms. The standard InChI is InChI=1S/C22H25F3N2O3S/c1-2-31(28,29)26-13-16-9-10-17-20(14-6-4-3-5-7-14)27-19-11-8-15(22(23,24)25)12-18(19)21(17)30-16/h2-6,8,11-12,14,16-17,20-21,26-27H,1,7,9-10,13H2/t14?,16-,17+,20+,21+/m1/s1. The van der Waals surface area contributed by atoms with Crippen LogP contribution in [0.15, 0.2) is 54.5 Å². The monoisotopic (exact) mass is 454 g/mol. The number of allylic oxidation sites excluding steroid dienone is 3. The normalized spacial score (nSPS) is 30.2. The summed E-state index contributed by atoms with van der Waals surface area (Å²) in [4.78, 5) is 0. The number of sulfonamides is 1. The highest BCUT2D eigenvalue weighted by molar-refractivity contribution is 7.92. The maximum Gasteiger partial charge on any atom is 0.416 e. The molecule has 0 bridgehead atoms. The number of nitrogens with one attached hydrogen (secondary N) is 2. The SMILES string of the molecule is C=CS(=O)(=O)NC[C@H]1CC[C@@H]2[C@H](O1)c1cc(C(F)(F)F)ccc1N[C@H]2C1C=CC=CC1. The van der Waals surface area contributed by atoms with Gasteiger partial charge >= 0.3 is 6.18 Å². The molecular formula is C22H25F3N2O3S. The van der Waals surface area contributed by atoms with Crippen molar-refractivity contribution in [3.8, 4) is 0 Å². The molecule has 5 atom stereocenters. The maximum absolute atomic E-state index is 13.4. The van der Waals surface area contributed by atoms with E-state index in [1.54, 1.807) is 0 Å². The van der Waals surface area contributed by atoms with Gasteiger partial charge in [0.15, 0.2) is 0 Å². The van der Waals surface area contributed by atoms with Gasteiger partial charge in [0.25, 0.3) is 0 Å². The van der Waals surface area contributed by atoms with Crippen LogP contribution < -0.4 is 10.0 Å². The number of alkyl halides is 3. The van der Waals surface area contributed by atoms with Crippen molar-refractivity contribution < 1.29 is 26.3 Å². The zero-order valence-corrected chi connectivity index (χ0v) is 17.6. The molecule has 0 spiro atoms. The van der Waals surface area contributed by atoms with Crippen molar-refractivity contribution in [3.05, 3.63) is 65.6 Å². The van der Waals surface area contributed by atoms with Gasteiger partial charge in [-0.05, 0) is 37.5 Å². The predicted octanol–water partition coefficient (Wildman–Crippen LogP) is 4.53. The van der Waals surface area contributed by atoms with Crippen LogP contribution in [-0.2, 0) is 20.9 Å². The van der Waals surface area contributed by atoms with Crippen LogP contribution in [0.4, 0.5) is 18.9 Å². The first-order valence-corrected chi connectivity index (χ1v) is 11.8. The lowest BCUT2D eigenvalue weighted by Gasteiger charge is -2.47. The summed E-state index contributed by atoms with van der Waals surface area (Å²) < 4.78 is 72.1. The van der Waals surface area contributed by atoms with Crippen LogP contribution in [0.25, 0.3) is 0 Å². The Balaban J connectivity index is 1.64. The highest BCUT2D eigenvalue weighted by atomic mass is 32.2. The van der Waals surface area contributed by atoms with E-state index in [1.165, 1.54) is 6.07 Å². The lowest BCUT2D eigenvalue weighted by molar-refractivity contribution is -0.138. The zero-order valence-electron chi connectivity index (χ0n) is 16.8. The summed E-state index contributed by atoms with van der Waals surface area (Å²) in [6.07, 6.45) is 4.92. The number of rotatable bonds is 5. The summed E-state index contributed by atoms with van der Waals surface area (Å²) in [5.41, 5.74) is 0.390. The number of halogens is 3. The van der Waals surface area contributed by atoms with Crippen molar-refractivity contribution in [3.63, 3.8) is 0 Å². The molecule has 1 unspecified atom stereocenters. The van der Waals surface area contributed by atoms with E-state index >= 15 is 0 Å². The minimum atomic E-state index is -4.45. The number of fused-ring (bicyclic) bond motifs is 3. The van der Waals surface area contributed by atoms with Crippen molar-refractivity contribution in [2.45, 2.75) is 43.7 Å². The van der Waals surface area contributed by atoms with Gasteiger partial charge in [-0.1, -0.05) is 30.9 Å². The van der Waals surface area contributed by atoms with Crippen molar-refractivity contribution in [1.29, 1.82) is 0 Å². The Morgan fingerprint density at radius 1 is 1.26 bits per heavy atom. The first kappa shape index (κ1) is 22.1. The van der Waals surface area contributed by atoms with Gasteiger partial charge in [-0.25, -0.2) is 13.1 Å². The molecule has 1 fully saturated rings. The predicted molar refractivity (Wildman–Crippen MR) is 113 cm³/mol. The summed E-state index contributed by atoms with van der Waals surface area (Å²) >= 11 is 0. The van der Waals surface area contributed by atoms with Crippen molar-refractivity contribution in [2.24, 2.45) is 11.8 Å². The summed E-state index contributed by atoms with van der Waals surface area (Å²) in [5, 5.41) is 4.29. The Hall–Kier alpha value is -2.10. The number of benzene rings is 1. The molecule has 0 saturated carbocycles. The third-order valence-electron chi connectivity index (χ3n) is 6.23. The molecule has 0 amide bonds. The van der Waals surface area contributed by atoms with Crippen LogP contribution in [0.3, 0.4) is 0 Å². The molecule has 5 nitrogen and oxygen atoms in total. The number of ether oxygens (including phenoxy) is 1. The average Bonchev–Trinajstić information content (AvgIpc) is 2.76. The molecule has 0 radical (unpaired) electrons. The molecule has 1 aliphatic carbocycles. The van der Waals surface area contributed by atoms with E-state index in [0.717, 1.165) is 24.0 Å². The van der Waals surface area contributed by atoms with Crippen LogP contribution in [0.1, 0.15) is 36.5 Å². The number of hydrogen-bond acceptors (Lipinski definition) is 4. The number of hydrogen-bond donors (Lipinski definition) is 2. The molecule has 1 aromatic rings. The topological polar surface area (TPSA) is 67.4 Å². The van der Waals surface area contributed by atoms with Gasteiger partial charge in [-0.15, -0.1) is 0 Å². The second kappa shape index (κ2) is 8.44. The third-order valence-corrected chi connectivity index (χ3v) is 7.23. The van der Waals surface area contributed by atoms with E-state index in [4.69, 9.17) is 4.74 Å². The highest BCUT2D eigenvalue weighted by Gasteiger charge is 2.45. The fraction of sp³-hybridized carbons (Fsp3) is 0.455. The van der Waals surface area contributed by atoms with Crippen LogP contribution >= 0.6 is 0 Å². The van der Waals surface area contributed by atoms with Crippen LogP contribution in [-0.4, -0.2) is 27.1 Å². The zero-order chi connectivity index (χ0) is 22.2. The van der Waals surface area contributed by atoms with E-state index in [1.807, 2.05) is 12.2 Å². The Morgan fingerprint density at radius 2 is 2.06 bits per heavy atom. The van der Waals surface area contributed by atoms with Gasteiger partial charge < -0.3 is 10.1 Å². The first-order chi connectivity index (χ1) is 14.7. The molecule has 2 N–H and O–H groups in total. The molecule has 2 aliphatic heterocycles. The Kier molecular flexibility index (Phi) is 6.02.